The van der Waals surface area contributed by atoms with Crippen LogP contribution in [-0.4, -0.2) is 27.4 Å². The molecule has 0 unspecified atom stereocenters. The summed E-state index contributed by atoms with van der Waals surface area (Å²) in [6, 6.07) is 0. The maximum atomic E-state index is 6.16. The third-order valence-electron chi connectivity index (χ3n) is 1.87. The van der Waals surface area contributed by atoms with Crippen molar-refractivity contribution in [2.24, 2.45) is 0 Å². The summed E-state index contributed by atoms with van der Waals surface area (Å²) in [6.45, 7) is -4.83. The molecule has 0 saturated heterocycles. The summed E-state index contributed by atoms with van der Waals surface area (Å²) in [6.07, 6.45) is 0. The first-order chi connectivity index (χ1) is 5.76. The second-order valence-corrected chi connectivity index (χ2v) is 22.9. The smallest absolute Gasteiger partial charge is 0.141 e. The van der Waals surface area contributed by atoms with Gasteiger partial charge in [-0.1, -0.05) is 11.4 Å². The highest BCUT2D eigenvalue weighted by atomic mass is 35.7. The molecule has 13 heavy (non-hydrogen) atoms. The standard InChI is InChI=1S/C4H6Cl6Si3/c5-3(6)11-4-12(7,8)1-2-13(4,9)10/h1-4H,11H2. The Balaban J connectivity index is 2.80. The monoisotopic (exact) mass is 348 g/mol. The summed E-state index contributed by atoms with van der Waals surface area (Å²) in [5.74, 6) is 0. The number of alkyl halides is 2. The van der Waals surface area contributed by atoms with Gasteiger partial charge >= 0.3 is 0 Å². The van der Waals surface area contributed by atoms with Gasteiger partial charge in [-0.15, -0.1) is 67.5 Å². The fourth-order valence-electron chi connectivity index (χ4n) is 1.20. The average Bonchev–Trinajstić information content (AvgIpc) is 2.12. The second kappa shape index (κ2) is 4.55. The van der Waals surface area contributed by atoms with Crippen LogP contribution in [0.5, 0.6) is 0 Å². The highest BCUT2D eigenvalue weighted by Crippen LogP contribution is 2.48. The minimum Gasteiger partial charge on any atom is -0.141 e. The van der Waals surface area contributed by atoms with E-state index < -0.39 is 22.9 Å². The highest BCUT2D eigenvalue weighted by Gasteiger charge is 2.55. The van der Waals surface area contributed by atoms with E-state index in [1.807, 2.05) is 0 Å². The van der Waals surface area contributed by atoms with E-state index >= 15 is 0 Å². The quantitative estimate of drug-likeness (QED) is 0.407. The van der Waals surface area contributed by atoms with E-state index in [1.54, 1.807) is 11.4 Å². The van der Waals surface area contributed by atoms with Gasteiger partial charge in [0, 0.05) is 4.79 Å². The van der Waals surface area contributed by atoms with Gasteiger partial charge in [-0.2, -0.15) is 0 Å². The van der Waals surface area contributed by atoms with Gasteiger partial charge in [-0.05, 0) is 0 Å². The topological polar surface area (TPSA) is 0 Å². The molecule has 9 heteroatoms. The summed E-state index contributed by atoms with van der Waals surface area (Å²) in [7, 11) is -0.822. The van der Waals surface area contributed by atoms with Gasteiger partial charge in [0.25, 0.3) is 13.4 Å². The average molecular weight is 351 g/mol. The van der Waals surface area contributed by atoms with Crippen LogP contribution in [0.25, 0.3) is 0 Å². The van der Waals surface area contributed by atoms with E-state index in [0.29, 0.717) is 0 Å². The SMILES string of the molecule is ClC(Cl)[SiH2]C1[Si](Cl)(Cl)C=C[Si]1(Cl)Cl. The molecule has 0 N–H and O–H groups in total. The zero-order chi connectivity index (χ0) is 10.3. The van der Waals surface area contributed by atoms with Crippen LogP contribution in [0.1, 0.15) is 0 Å². The molecule has 1 heterocycles. The van der Waals surface area contributed by atoms with E-state index in [1.165, 1.54) is 0 Å². The fourth-order valence-corrected chi connectivity index (χ4v) is 27.7. The predicted molar refractivity (Wildman–Crippen MR) is 71.8 cm³/mol. The molecule has 0 radical (unpaired) electrons. The fraction of sp³-hybridized carbons (Fsp3) is 0.500. The lowest BCUT2D eigenvalue weighted by Gasteiger charge is -2.25. The Labute approximate surface area is 110 Å². The summed E-state index contributed by atoms with van der Waals surface area (Å²) in [4.78, 5) is 0.0201. The van der Waals surface area contributed by atoms with Crippen molar-refractivity contribution in [3.05, 3.63) is 11.4 Å². The molecule has 1 rings (SSSR count). The van der Waals surface area contributed by atoms with Gasteiger partial charge in [0.2, 0.25) is 0 Å². The van der Waals surface area contributed by atoms with Gasteiger partial charge in [0.05, 0.1) is 14.0 Å². The van der Waals surface area contributed by atoms with Crippen molar-refractivity contribution in [2.75, 3.05) is 0 Å². The van der Waals surface area contributed by atoms with Crippen LogP contribution < -0.4 is 0 Å². The van der Waals surface area contributed by atoms with Gasteiger partial charge < -0.3 is 0 Å². The lowest BCUT2D eigenvalue weighted by Crippen LogP contribution is -2.40. The molecule has 0 nitrogen and oxygen atoms in total. The lowest BCUT2D eigenvalue weighted by molar-refractivity contribution is 1.66. The Hall–Kier alpha value is 2.13. The zero-order valence-electron chi connectivity index (χ0n) is 6.28. The van der Waals surface area contributed by atoms with Crippen LogP contribution in [0.15, 0.2) is 11.4 Å². The lowest BCUT2D eigenvalue weighted by atomic mass is 11.2. The van der Waals surface area contributed by atoms with Gasteiger partial charge in [0.1, 0.15) is 0 Å². The van der Waals surface area contributed by atoms with Crippen molar-refractivity contribution >= 4 is 90.4 Å². The number of hydrogen-bond acceptors (Lipinski definition) is 0. The number of rotatable bonds is 2. The van der Waals surface area contributed by atoms with E-state index in [2.05, 4.69) is 0 Å². The maximum Gasteiger partial charge on any atom is 0.273 e. The van der Waals surface area contributed by atoms with Crippen LogP contribution in [0.2, 0.25) is 4.79 Å². The summed E-state index contributed by atoms with van der Waals surface area (Å²) < 4.78 is -0.376. The van der Waals surface area contributed by atoms with Crippen molar-refractivity contribution in [1.82, 2.24) is 0 Å². The minimum atomic E-state index is -2.41. The molecule has 0 spiro atoms. The molecule has 0 saturated carbocycles. The van der Waals surface area contributed by atoms with Crippen molar-refractivity contribution in [2.45, 2.75) is 9.25 Å². The van der Waals surface area contributed by atoms with Crippen molar-refractivity contribution < 1.29 is 0 Å². The molecular weight excluding hydrogens is 345 g/mol. The largest absolute Gasteiger partial charge is 0.273 e. The first-order valence-electron chi connectivity index (χ1n) is 3.50. The Morgan fingerprint density at radius 3 is 1.69 bits per heavy atom. The normalized spacial score (nSPS) is 26.7. The van der Waals surface area contributed by atoms with Gasteiger partial charge in [0.15, 0.2) is 0 Å². The Morgan fingerprint density at radius 2 is 1.38 bits per heavy atom. The van der Waals surface area contributed by atoms with Crippen LogP contribution in [0.3, 0.4) is 0 Å². The van der Waals surface area contributed by atoms with Crippen LogP contribution in [-0.2, 0) is 0 Å². The van der Waals surface area contributed by atoms with E-state index in [9.17, 15) is 0 Å². The Morgan fingerprint density at radius 1 is 1.00 bits per heavy atom. The minimum absolute atomic E-state index is 0.0201. The molecule has 0 aromatic carbocycles. The molecule has 0 aromatic heterocycles. The van der Waals surface area contributed by atoms with E-state index in [0.717, 1.165) is 0 Å². The summed E-state index contributed by atoms with van der Waals surface area (Å²) in [5, 5.41) is 0. The molecule has 0 fully saturated rings. The molecule has 0 aromatic rings. The Kier molecular flexibility index (Phi) is 4.62. The van der Waals surface area contributed by atoms with E-state index in [-0.39, 0.29) is 9.25 Å². The molecule has 1 aliphatic rings. The van der Waals surface area contributed by atoms with Gasteiger partial charge in [-0.25, -0.2) is 0 Å². The third kappa shape index (κ3) is 3.29. The molecule has 0 atom stereocenters. The predicted octanol–water partition coefficient (Wildman–Crippen LogP) is 3.27. The summed E-state index contributed by atoms with van der Waals surface area (Å²) in [5.41, 5.74) is 3.58. The third-order valence-corrected chi connectivity index (χ3v) is 25.2. The zero-order valence-corrected chi connectivity index (χ0v) is 14.2. The molecular formula is C4H6Cl6Si3. The maximum absolute atomic E-state index is 6.16. The molecule has 0 amide bonds. The van der Waals surface area contributed by atoms with E-state index in [4.69, 9.17) is 67.5 Å². The van der Waals surface area contributed by atoms with Crippen LogP contribution >= 0.6 is 67.5 Å². The van der Waals surface area contributed by atoms with Crippen LogP contribution in [0.4, 0.5) is 0 Å². The number of halogens is 6. The second-order valence-electron chi connectivity index (χ2n) is 2.86. The Bertz CT molecular complexity index is 208. The molecule has 1 aliphatic heterocycles. The van der Waals surface area contributed by atoms with Crippen molar-refractivity contribution in [1.29, 1.82) is 0 Å². The van der Waals surface area contributed by atoms with Gasteiger partial charge in [-0.3, -0.25) is 0 Å². The van der Waals surface area contributed by atoms with Crippen molar-refractivity contribution in [3.63, 3.8) is 0 Å². The number of hydrogen-bond donors (Lipinski definition) is 0. The van der Waals surface area contributed by atoms with Crippen LogP contribution in [0, 0.1) is 0 Å². The first kappa shape index (κ1) is 13.2. The molecule has 0 aliphatic carbocycles. The molecule has 0 bridgehead atoms. The highest BCUT2D eigenvalue weighted by molar-refractivity contribution is 7.64. The summed E-state index contributed by atoms with van der Waals surface area (Å²) >= 11 is 36.1. The molecule has 76 valence electrons. The first-order valence-corrected chi connectivity index (χ1v) is 14.4. The van der Waals surface area contributed by atoms with Crippen molar-refractivity contribution in [3.8, 4) is 0 Å².